The van der Waals surface area contributed by atoms with E-state index in [0.717, 1.165) is 49.7 Å². The van der Waals surface area contributed by atoms with Gasteiger partial charge in [-0.25, -0.2) is 0 Å². The highest BCUT2D eigenvalue weighted by molar-refractivity contribution is 5.82. The average Bonchev–Trinajstić information content (AvgIpc) is 3.49. The van der Waals surface area contributed by atoms with Crippen LogP contribution in [0, 0.1) is 11.3 Å². The second-order valence-corrected chi connectivity index (χ2v) is 8.90. The summed E-state index contributed by atoms with van der Waals surface area (Å²) in [7, 11) is 1.64. The number of hydrogen-bond donors (Lipinski definition) is 1. The van der Waals surface area contributed by atoms with Gasteiger partial charge in [-0.2, -0.15) is 13.2 Å². The molecule has 1 spiro atoms. The fourth-order valence-electron chi connectivity index (χ4n) is 4.96. The van der Waals surface area contributed by atoms with Gasteiger partial charge in [0.1, 0.15) is 5.75 Å². The number of para-hydroxylation sites is 1. The van der Waals surface area contributed by atoms with Crippen LogP contribution in [0.3, 0.4) is 0 Å². The molecule has 0 bridgehead atoms. The summed E-state index contributed by atoms with van der Waals surface area (Å²) < 4.78 is 45.1. The van der Waals surface area contributed by atoms with Crippen molar-refractivity contribution in [2.45, 2.75) is 38.4 Å². The molecule has 7 heteroatoms. The summed E-state index contributed by atoms with van der Waals surface area (Å²) in [5.41, 5.74) is 0.846. The summed E-state index contributed by atoms with van der Waals surface area (Å²) >= 11 is 0. The van der Waals surface area contributed by atoms with E-state index in [0.29, 0.717) is 25.1 Å². The molecule has 4 rings (SSSR count). The molecular weight excluding hydrogens is 417 g/mol. The summed E-state index contributed by atoms with van der Waals surface area (Å²) in [5, 5.41) is 3.06. The van der Waals surface area contributed by atoms with E-state index >= 15 is 0 Å². The van der Waals surface area contributed by atoms with E-state index in [9.17, 15) is 18.0 Å². The van der Waals surface area contributed by atoms with Crippen molar-refractivity contribution in [2.75, 3.05) is 26.7 Å². The van der Waals surface area contributed by atoms with Crippen molar-refractivity contribution in [3.8, 4) is 5.75 Å². The first kappa shape index (κ1) is 22.6. The number of piperidine rings is 1. The van der Waals surface area contributed by atoms with Gasteiger partial charge >= 0.3 is 6.18 Å². The number of methoxy groups -OCH3 is 1. The van der Waals surface area contributed by atoms with Crippen molar-refractivity contribution in [1.29, 1.82) is 0 Å². The summed E-state index contributed by atoms with van der Waals surface area (Å²) in [6.45, 7) is 2.29. The van der Waals surface area contributed by atoms with E-state index < -0.39 is 11.7 Å². The Morgan fingerprint density at radius 1 is 1.09 bits per heavy atom. The first-order chi connectivity index (χ1) is 15.3. The summed E-state index contributed by atoms with van der Waals surface area (Å²) in [6, 6.07) is 13.6. The van der Waals surface area contributed by atoms with Crippen LogP contribution in [0.4, 0.5) is 13.2 Å². The van der Waals surface area contributed by atoms with Crippen LogP contribution in [0.1, 0.15) is 36.0 Å². The number of likely N-dealkylation sites (tertiary alicyclic amines) is 1. The van der Waals surface area contributed by atoms with E-state index in [-0.39, 0.29) is 17.2 Å². The molecule has 1 saturated carbocycles. The maximum Gasteiger partial charge on any atom is 0.416 e. The van der Waals surface area contributed by atoms with Gasteiger partial charge in [0.05, 0.1) is 12.7 Å². The second kappa shape index (κ2) is 9.14. The lowest BCUT2D eigenvalue weighted by Gasteiger charge is -2.33. The molecule has 4 nitrogen and oxygen atoms in total. The molecular formula is C25H29F3N2O2. The zero-order chi connectivity index (χ0) is 22.8. The van der Waals surface area contributed by atoms with Gasteiger partial charge in [0.15, 0.2) is 0 Å². The first-order valence-corrected chi connectivity index (χ1v) is 11.1. The van der Waals surface area contributed by atoms with E-state index in [1.807, 2.05) is 24.3 Å². The molecule has 32 heavy (non-hydrogen) atoms. The van der Waals surface area contributed by atoms with E-state index in [1.165, 1.54) is 6.07 Å². The third-order valence-corrected chi connectivity index (χ3v) is 6.96. The molecule has 1 amide bonds. The number of carbonyl (C=O) groups excluding carboxylic acids is 1. The molecule has 172 valence electrons. The Balaban J connectivity index is 1.25. The van der Waals surface area contributed by atoms with Crippen molar-refractivity contribution in [3.05, 3.63) is 65.2 Å². The number of alkyl halides is 3. The van der Waals surface area contributed by atoms with Crippen molar-refractivity contribution >= 4 is 5.91 Å². The first-order valence-electron chi connectivity index (χ1n) is 11.1. The van der Waals surface area contributed by atoms with Gasteiger partial charge in [-0.3, -0.25) is 9.69 Å². The Kier molecular flexibility index (Phi) is 6.47. The van der Waals surface area contributed by atoms with Gasteiger partial charge in [-0.15, -0.1) is 0 Å². The normalized spacial score (nSPS) is 20.2. The second-order valence-electron chi connectivity index (χ2n) is 8.90. The minimum absolute atomic E-state index is 0.0183. The lowest BCUT2D eigenvalue weighted by molar-refractivity contribution is -0.138. The van der Waals surface area contributed by atoms with Crippen LogP contribution in [0.2, 0.25) is 0 Å². The van der Waals surface area contributed by atoms with Crippen LogP contribution in [0.25, 0.3) is 0 Å². The van der Waals surface area contributed by atoms with Gasteiger partial charge in [0, 0.05) is 19.0 Å². The van der Waals surface area contributed by atoms with Crippen LogP contribution < -0.4 is 10.1 Å². The molecule has 1 N–H and O–H groups in total. The molecule has 1 aliphatic carbocycles. The number of hydrogen-bond acceptors (Lipinski definition) is 3. The number of nitrogens with zero attached hydrogens (tertiary/aromatic N) is 1. The molecule has 0 aromatic heterocycles. The molecule has 2 aromatic rings. The Morgan fingerprint density at radius 2 is 1.75 bits per heavy atom. The summed E-state index contributed by atoms with van der Waals surface area (Å²) in [4.78, 5) is 14.7. The van der Waals surface area contributed by atoms with Crippen molar-refractivity contribution in [3.63, 3.8) is 0 Å². The number of benzene rings is 2. The topological polar surface area (TPSA) is 41.6 Å². The zero-order valence-corrected chi connectivity index (χ0v) is 18.3. The standard InChI is InChI=1S/C25H29F3N2O2/c1-32-22-9-5-3-6-18(22)10-13-29-23(31)21-16-24(21)11-14-30(15-12-24)17-19-7-2-4-8-20(19)25(26,27)28/h2-9,21H,10-17H2,1H3,(H,29,31)/t21-/m0/s1. The number of halogens is 3. The highest BCUT2D eigenvalue weighted by Gasteiger charge is 2.58. The van der Waals surface area contributed by atoms with Crippen molar-refractivity contribution < 1.29 is 22.7 Å². The van der Waals surface area contributed by atoms with Gasteiger partial charge in [-0.1, -0.05) is 36.4 Å². The molecule has 2 aliphatic rings. The quantitative estimate of drug-likeness (QED) is 0.672. The summed E-state index contributed by atoms with van der Waals surface area (Å²) in [5.74, 6) is 0.935. The highest BCUT2D eigenvalue weighted by Crippen LogP contribution is 2.59. The Morgan fingerprint density at radius 3 is 2.44 bits per heavy atom. The number of ether oxygens (including phenoxy) is 1. The molecule has 2 aromatic carbocycles. The highest BCUT2D eigenvalue weighted by atomic mass is 19.4. The van der Waals surface area contributed by atoms with Gasteiger partial charge < -0.3 is 10.1 Å². The van der Waals surface area contributed by atoms with Crippen LogP contribution in [0.15, 0.2) is 48.5 Å². The minimum Gasteiger partial charge on any atom is -0.496 e. The van der Waals surface area contributed by atoms with Gasteiger partial charge in [0.25, 0.3) is 0 Å². The van der Waals surface area contributed by atoms with Gasteiger partial charge in [-0.05, 0) is 67.4 Å². The SMILES string of the molecule is COc1ccccc1CCNC(=O)[C@@H]1CC12CCN(Cc1ccccc1C(F)(F)F)CC2. The van der Waals surface area contributed by atoms with E-state index in [2.05, 4.69) is 10.2 Å². The summed E-state index contributed by atoms with van der Waals surface area (Å²) in [6.07, 6.45) is -1.04. The molecule has 1 heterocycles. The molecule has 1 saturated heterocycles. The van der Waals surface area contributed by atoms with Crippen molar-refractivity contribution in [2.24, 2.45) is 11.3 Å². The molecule has 2 fully saturated rings. The predicted octanol–water partition coefficient (Wildman–Crippen LogP) is 4.68. The fourth-order valence-corrected chi connectivity index (χ4v) is 4.96. The monoisotopic (exact) mass is 446 g/mol. The number of rotatable bonds is 7. The van der Waals surface area contributed by atoms with E-state index in [4.69, 9.17) is 4.74 Å². The molecule has 1 aliphatic heterocycles. The van der Waals surface area contributed by atoms with Crippen molar-refractivity contribution in [1.82, 2.24) is 10.2 Å². The van der Waals surface area contributed by atoms with Crippen LogP contribution in [0.5, 0.6) is 5.75 Å². The third-order valence-electron chi connectivity index (χ3n) is 6.96. The van der Waals surface area contributed by atoms with Crippen LogP contribution in [-0.4, -0.2) is 37.6 Å². The zero-order valence-electron chi connectivity index (χ0n) is 18.3. The molecule has 0 radical (unpaired) electrons. The third kappa shape index (κ3) is 4.93. The number of carbonyl (C=O) groups is 1. The fraction of sp³-hybridized carbons (Fsp3) is 0.480. The Labute approximate surface area is 186 Å². The average molecular weight is 447 g/mol. The van der Waals surface area contributed by atoms with Crippen LogP contribution >= 0.6 is 0 Å². The Hall–Kier alpha value is -2.54. The van der Waals surface area contributed by atoms with Crippen LogP contribution in [-0.2, 0) is 23.9 Å². The largest absolute Gasteiger partial charge is 0.496 e. The maximum atomic E-state index is 13.3. The maximum absolute atomic E-state index is 13.3. The number of amides is 1. The lowest BCUT2D eigenvalue weighted by Crippen LogP contribution is -2.37. The smallest absolute Gasteiger partial charge is 0.416 e. The minimum atomic E-state index is -4.34. The lowest BCUT2D eigenvalue weighted by atomic mass is 9.90. The molecule has 0 unspecified atom stereocenters. The predicted molar refractivity (Wildman–Crippen MR) is 116 cm³/mol. The Bertz CT molecular complexity index is 952. The molecule has 1 atom stereocenters. The van der Waals surface area contributed by atoms with E-state index in [1.54, 1.807) is 19.2 Å². The van der Waals surface area contributed by atoms with Gasteiger partial charge in [0.2, 0.25) is 5.91 Å². The number of nitrogens with one attached hydrogen (secondary N) is 1.